The van der Waals surface area contributed by atoms with Crippen LogP contribution in [0, 0.1) is 11.8 Å². The van der Waals surface area contributed by atoms with Crippen molar-refractivity contribution in [2.24, 2.45) is 11.8 Å². The van der Waals surface area contributed by atoms with Crippen molar-refractivity contribution in [2.45, 2.75) is 30.7 Å². The van der Waals surface area contributed by atoms with Crippen LogP contribution in [0.1, 0.15) is 23.7 Å². The summed E-state index contributed by atoms with van der Waals surface area (Å²) in [6, 6.07) is 34.3. The number of nitrogens with zero attached hydrogens (tertiary/aromatic N) is 6. The highest BCUT2D eigenvalue weighted by molar-refractivity contribution is 8.14. The quantitative estimate of drug-likeness (QED) is 0.122. The SMILES string of the molecule is C=C[C@@H](Cn1cc(-c2ccc(N(C)C)cc2)nn1)[C@H]1CCN2C(=O)S[C@@H](c3cc(-c4ccc(Oc5ccccc5)cc4)nc4ccc(OC)cc34)[C@@H]2C1. The van der Waals surface area contributed by atoms with E-state index < -0.39 is 0 Å². The van der Waals surface area contributed by atoms with Crippen LogP contribution < -0.4 is 14.4 Å². The van der Waals surface area contributed by atoms with Crippen molar-refractivity contribution >= 4 is 33.6 Å². The van der Waals surface area contributed by atoms with Crippen molar-refractivity contribution in [3.05, 3.63) is 128 Å². The van der Waals surface area contributed by atoms with Gasteiger partial charge in [-0.05, 0) is 103 Å². The zero-order valence-electron chi connectivity index (χ0n) is 30.1. The molecule has 2 aromatic heterocycles. The first-order valence-corrected chi connectivity index (χ1v) is 18.8. The molecule has 0 unspecified atom stereocenters. The summed E-state index contributed by atoms with van der Waals surface area (Å²) in [6.07, 6.45) is 5.85. The summed E-state index contributed by atoms with van der Waals surface area (Å²) in [5.74, 6) is 2.80. The lowest BCUT2D eigenvalue weighted by Gasteiger charge is -2.39. The molecule has 0 radical (unpaired) electrons. The molecule has 0 saturated carbocycles. The van der Waals surface area contributed by atoms with Gasteiger partial charge in [-0.1, -0.05) is 53.4 Å². The molecule has 2 saturated heterocycles. The fourth-order valence-electron chi connectivity index (χ4n) is 7.60. The second-order valence-corrected chi connectivity index (χ2v) is 15.0. The molecule has 4 aromatic carbocycles. The van der Waals surface area contributed by atoms with Crippen molar-refractivity contribution in [1.82, 2.24) is 24.9 Å². The Morgan fingerprint density at radius 2 is 1.64 bits per heavy atom. The normalized spacial score (nSPS) is 18.8. The molecule has 8 rings (SSSR count). The first kappa shape index (κ1) is 34.5. The van der Waals surface area contributed by atoms with Crippen LogP contribution in [0.5, 0.6) is 17.2 Å². The fourth-order valence-corrected chi connectivity index (χ4v) is 8.91. The zero-order valence-corrected chi connectivity index (χ0v) is 30.9. The van der Waals surface area contributed by atoms with Crippen LogP contribution in [0.3, 0.4) is 0 Å². The number of fused-ring (bicyclic) bond motifs is 2. The topological polar surface area (TPSA) is 85.6 Å². The average molecular weight is 723 g/mol. The Labute approximate surface area is 314 Å². The van der Waals surface area contributed by atoms with E-state index in [9.17, 15) is 4.79 Å². The van der Waals surface area contributed by atoms with Gasteiger partial charge in [-0.3, -0.25) is 9.48 Å². The predicted molar refractivity (Wildman–Crippen MR) is 213 cm³/mol. The molecular weight excluding hydrogens is 681 g/mol. The molecule has 53 heavy (non-hydrogen) atoms. The Morgan fingerprint density at radius 1 is 0.925 bits per heavy atom. The number of ether oxygens (including phenoxy) is 2. The summed E-state index contributed by atoms with van der Waals surface area (Å²) in [5, 5.41) is 10.1. The van der Waals surface area contributed by atoms with Crippen molar-refractivity contribution in [1.29, 1.82) is 0 Å². The summed E-state index contributed by atoms with van der Waals surface area (Å²) in [5.41, 5.74) is 6.81. The molecule has 2 fully saturated rings. The third kappa shape index (κ3) is 7.11. The number of anilines is 1. The number of aromatic nitrogens is 4. The van der Waals surface area contributed by atoms with Crippen LogP contribution in [-0.2, 0) is 6.54 Å². The van der Waals surface area contributed by atoms with E-state index in [1.54, 1.807) is 7.11 Å². The molecule has 0 bridgehead atoms. The smallest absolute Gasteiger partial charge is 0.282 e. The van der Waals surface area contributed by atoms with Crippen LogP contribution in [0.4, 0.5) is 10.5 Å². The van der Waals surface area contributed by atoms with E-state index >= 15 is 0 Å². The summed E-state index contributed by atoms with van der Waals surface area (Å²) in [7, 11) is 5.74. The number of hydrogen-bond acceptors (Lipinski definition) is 8. The number of rotatable bonds is 11. The van der Waals surface area contributed by atoms with Crippen LogP contribution in [0.2, 0.25) is 0 Å². The molecular formula is C43H42N6O3S. The number of piperidine rings is 1. The predicted octanol–water partition coefficient (Wildman–Crippen LogP) is 9.52. The minimum absolute atomic E-state index is 0.0292. The Bertz CT molecular complexity index is 2240. The van der Waals surface area contributed by atoms with Crippen LogP contribution >= 0.6 is 11.8 Å². The molecule has 4 atom stereocenters. The third-order valence-corrected chi connectivity index (χ3v) is 11.8. The third-order valence-electron chi connectivity index (χ3n) is 10.5. The highest BCUT2D eigenvalue weighted by Crippen LogP contribution is 2.51. The zero-order chi connectivity index (χ0) is 36.5. The van der Waals surface area contributed by atoms with Gasteiger partial charge in [-0.25, -0.2) is 4.98 Å². The number of carbonyl (C=O) groups excluding carboxylic acids is 1. The Hall–Kier alpha value is -5.61. The lowest BCUT2D eigenvalue weighted by atomic mass is 9.79. The molecule has 2 aliphatic heterocycles. The Morgan fingerprint density at radius 3 is 2.38 bits per heavy atom. The summed E-state index contributed by atoms with van der Waals surface area (Å²) < 4.78 is 13.6. The highest BCUT2D eigenvalue weighted by Gasteiger charge is 2.46. The number of para-hydroxylation sites is 1. The summed E-state index contributed by atoms with van der Waals surface area (Å²) in [6.45, 7) is 5.65. The number of methoxy groups -OCH3 is 1. The minimum atomic E-state index is -0.0732. The molecule has 0 spiro atoms. The summed E-state index contributed by atoms with van der Waals surface area (Å²) >= 11 is 1.43. The van der Waals surface area contributed by atoms with Crippen molar-refractivity contribution in [2.75, 3.05) is 32.6 Å². The average Bonchev–Trinajstić information content (AvgIpc) is 3.80. The Balaban J connectivity index is 1.06. The van der Waals surface area contributed by atoms with Crippen molar-refractivity contribution in [3.63, 3.8) is 0 Å². The number of benzene rings is 4. The van der Waals surface area contributed by atoms with E-state index in [1.165, 1.54) is 11.8 Å². The number of thioether (sulfide) groups is 1. The van der Waals surface area contributed by atoms with Gasteiger partial charge in [-0.15, -0.1) is 11.7 Å². The van der Waals surface area contributed by atoms with Gasteiger partial charge in [0, 0.05) is 55.4 Å². The molecule has 9 nitrogen and oxygen atoms in total. The first-order valence-electron chi connectivity index (χ1n) is 18.0. The lowest BCUT2D eigenvalue weighted by molar-refractivity contribution is 0.129. The van der Waals surface area contributed by atoms with Gasteiger partial charge < -0.3 is 19.3 Å². The van der Waals surface area contributed by atoms with E-state index in [0.717, 1.165) is 74.8 Å². The van der Waals surface area contributed by atoms with Crippen molar-refractivity contribution in [3.8, 4) is 39.8 Å². The number of amides is 1. The van der Waals surface area contributed by atoms with Gasteiger partial charge in [0.1, 0.15) is 22.9 Å². The van der Waals surface area contributed by atoms with E-state index in [-0.39, 0.29) is 22.4 Å². The van der Waals surface area contributed by atoms with Crippen molar-refractivity contribution < 1.29 is 14.3 Å². The number of hydrogen-bond donors (Lipinski definition) is 0. The maximum atomic E-state index is 13.6. The minimum Gasteiger partial charge on any atom is -0.497 e. The molecule has 1 amide bonds. The molecule has 10 heteroatoms. The van der Waals surface area contributed by atoms with Crippen LogP contribution in [-0.4, -0.2) is 63.9 Å². The monoisotopic (exact) mass is 722 g/mol. The van der Waals surface area contributed by atoms with Gasteiger partial charge in [-0.2, -0.15) is 0 Å². The second kappa shape index (κ2) is 14.8. The molecule has 2 aliphatic rings. The van der Waals surface area contributed by atoms with Crippen LogP contribution in [0.15, 0.2) is 122 Å². The summed E-state index contributed by atoms with van der Waals surface area (Å²) in [4.78, 5) is 22.9. The van der Waals surface area contributed by atoms with Gasteiger partial charge in [0.15, 0.2) is 0 Å². The maximum Gasteiger partial charge on any atom is 0.282 e. The first-order chi connectivity index (χ1) is 25.9. The fraction of sp³-hybridized carbons (Fsp3) is 0.256. The van der Waals surface area contributed by atoms with E-state index in [1.807, 2.05) is 91.7 Å². The van der Waals surface area contributed by atoms with E-state index in [2.05, 4.69) is 69.2 Å². The van der Waals surface area contributed by atoms with Gasteiger partial charge in [0.25, 0.3) is 5.24 Å². The number of pyridine rings is 1. The van der Waals surface area contributed by atoms with Gasteiger partial charge in [0.05, 0.1) is 29.8 Å². The van der Waals surface area contributed by atoms with Gasteiger partial charge >= 0.3 is 0 Å². The van der Waals surface area contributed by atoms with Crippen LogP contribution in [0.25, 0.3) is 33.4 Å². The van der Waals surface area contributed by atoms with E-state index in [4.69, 9.17) is 14.5 Å². The molecule has 0 aliphatic carbocycles. The number of carbonyl (C=O) groups is 1. The van der Waals surface area contributed by atoms with E-state index in [0.29, 0.717) is 19.0 Å². The molecule has 6 aromatic rings. The Kier molecular flexibility index (Phi) is 9.62. The molecule has 268 valence electrons. The highest BCUT2D eigenvalue weighted by atomic mass is 32.2. The molecule has 0 N–H and O–H groups in total. The van der Waals surface area contributed by atoms with Gasteiger partial charge in [0.2, 0.25) is 0 Å². The lowest BCUT2D eigenvalue weighted by Crippen LogP contribution is -2.43. The second-order valence-electron chi connectivity index (χ2n) is 13.9. The number of allylic oxidation sites excluding steroid dienone is 1. The largest absolute Gasteiger partial charge is 0.497 e. The molecule has 4 heterocycles. The maximum absolute atomic E-state index is 13.6. The standard InChI is InChI=1S/C43H42N6O3S/c1-5-28(26-48-27-40(45-46-48)30-11-15-32(16-12-30)47(2)3)31-21-22-49-41(23-31)42(53-43(49)50)37-25-39(44-38-20-19-35(51-4)24-36(37)38)29-13-17-34(18-14-29)52-33-9-7-6-8-10-33/h5-20,24-25,27-28,31,41-42H,1,21-23,26H2,2-4H3/t28-,31-,41-,42-/m0/s1.